The summed E-state index contributed by atoms with van der Waals surface area (Å²) in [5, 5.41) is 9.38. The fraction of sp³-hybridized carbons (Fsp3) is 0. The van der Waals surface area contributed by atoms with Crippen LogP contribution in [0.3, 0.4) is 0 Å². The highest BCUT2D eigenvalue weighted by Gasteiger charge is 2.03. The molecule has 1 aromatic rings. The van der Waals surface area contributed by atoms with Crippen molar-refractivity contribution in [2.24, 2.45) is 0 Å². The fourth-order valence-electron chi connectivity index (χ4n) is 0.476. The van der Waals surface area contributed by atoms with Crippen LogP contribution in [0.4, 0.5) is 0 Å². The molecule has 47 valence electrons. The minimum absolute atomic E-state index is 0.139. The Hall–Kier alpha value is -1.39. The second-order valence-corrected chi connectivity index (χ2v) is 1.43. The summed E-state index contributed by atoms with van der Waals surface area (Å²) in [4.78, 5) is 13.5. The SMILES string of the molecule is [CH2]c1nccn1[N+](=O)[O-]. The van der Waals surface area contributed by atoms with Gasteiger partial charge in [0, 0.05) is 6.92 Å². The lowest BCUT2D eigenvalue weighted by Gasteiger charge is -1.87. The first kappa shape index (κ1) is 5.74. The molecule has 5 nitrogen and oxygen atoms in total. The largest absolute Gasteiger partial charge is 0.236 e. The van der Waals surface area contributed by atoms with Crippen LogP contribution in [0.5, 0.6) is 0 Å². The molecule has 0 fully saturated rings. The summed E-state index contributed by atoms with van der Waals surface area (Å²) >= 11 is 0. The predicted molar refractivity (Wildman–Crippen MR) is 29.1 cm³/mol. The van der Waals surface area contributed by atoms with Crippen molar-refractivity contribution in [2.75, 3.05) is 0 Å². The van der Waals surface area contributed by atoms with Gasteiger partial charge < -0.3 is 0 Å². The molecule has 0 aliphatic rings. The topological polar surface area (TPSA) is 61.0 Å². The van der Waals surface area contributed by atoms with Crippen LogP contribution in [0.15, 0.2) is 12.4 Å². The summed E-state index contributed by atoms with van der Waals surface area (Å²) in [7, 11) is 0. The van der Waals surface area contributed by atoms with Crippen LogP contribution in [-0.2, 0) is 0 Å². The van der Waals surface area contributed by atoms with Gasteiger partial charge in [0.25, 0.3) is 0 Å². The monoisotopic (exact) mass is 126 g/mol. The maximum atomic E-state index is 9.97. The van der Waals surface area contributed by atoms with Crippen LogP contribution < -0.4 is 0 Å². The third-order valence-corrected chi connectivity index (χ3v) is 0.872. The van der Waals surface area contributed by atoms with Crippen molar-refractivity contribution < 1.29 is 5.03 Å². The Morgan fingerprint density at radius 2 is 2.56 bits per heavy atom. The van der Waals surface area contributed by atoms with Gasteiger partial charge in [-0.25, -0.2) is 15.1 Å². The van der Waals surface area contributed by atoms with Crippen molar-refractivity contribution >= 4 is 0 Å². The number of aromatic nitrogens is 2. The smallest absolute Gasteiger partial charge is 0.176 e. The normalized spacial score (nSPS) is 9.44. The molecule has 0 atom stereocenters. The van der Waals surface area contributed by atoms with Gasteiger partial charge in [-0.15, -0.1) is 0 Å². The van der Waals surface area contributed by atoms with Crippen molar-refractivity contribution in [3.63, 3.8) is 0 Å². The fourth-order valence-corrected chi connectivity index (χ4v) is 0.476. The van der Waals surface area contributed by atoms with Gasteiger partial charge in [-0.3, -0.25) is 0 Å². The van der Waals surface area contributed by atoms with Gasteiger partial charge in [0.2, 0.25) is 0 Å². The van der Waals surface area contributed by atoms with Gasteiger partial charge in [-0.1, -0.05) is 4.68 Å². The van der Waals surface area contributed by atoms with E-state index in [1.165, 1.54) is 12.4 Å². The van der Waals surface area contributed by atoms with E-state index in [9.17, 15) is 10.1 Å². The van der Waals surface area contributed by atoms with E-state index in [0.717, 1.165) is 4.68 Å². The van der Waals surface area contributed by atoms with E-state index >= 15 is 0 Å². The average molecular weight is 126 g/mol. The van der Waals surface area contributed by atoms with Crippen molar-refractivity contribution in [1.29, 1.82) is 0 Å². The summed E-state index contributed by atoms with van der Waals surface area (Å²) in [6, 6.07) is 0. The maximum Gasteiger partial charge on any atom is 0.176 e. The van der Waals surface area contributed by atoms with E-state index in [0.29, 0.717) is 0 Å². The zero-order chi connectivity index (χ0) is 6.85. The molecule has 0 aliphatic heterocycles. The Bertz CT molecular complexity index is 229. The molecular weight excluding hydrogens is 122 g/mol. The number of hydrogen-bond donors (Lipinski definition) is 0. The van der Waals surface area contributed by atoms with E-state index in [1.54, 1.807) is 0 Å². The molecule has 0 spiro atoms. The number of nitro groups is 1. The zero-order valence-electron chi connectivity index (χ0n) is 4.52. The molecule has 0 saturated carbocycles. The second-order valence-electron chi connectivity index (χ2n) is 1.43. The van der Waals surface area contributed by atoms with Gasteiger partial charge in [-0.05, 0) is 0 Å². The van der Waals surface area contributed by atoms with Crippen molar-refractivity contribution in [3.8, 4) is 0 Å². The van der Waals surface area contributed by atoms with Crippen molar-refractivity contribution in [1.82, 2.24) is 9.66 Å². The van der Waals surface area contributed by atoms with E-state index in [-0.39, 0.29) is 5.82 Å². The Labute approximate surface area is 51.1 Å². The number of hydrogen-bond acceptors (Lipinski definition) is 3. The highest BCUT2D eigenvalue weighted by molar-refractivity contribution is 4.91. The first-order chi connectivity index (χ1) is 4.22. The number of rotatable bonds is 1. The zero-order valence-corrected chi connectivity index (χ0v) is 4.52. The quantitative estimate of drug-likeness (QED) is 0.396. The molecule has 1 radical (unpaired) electrons. The second kappa shape index (κ2) is 1.85. The van der Waals surface area contributed by atoms with Crippen molar-refractivity contribution in [2.45, 2.75) is 0 Å². The van der Waals surface area contributed by atoms with Gasteiger partial charge in [0.05, 0.1) is 12.4 Å². The lowest BCUT2D eigenvalue weighted by atomic mass is 10.7. The Kier molecular flexibility index (Phi) is 1.18. The summed E-state index contributed by atoms with van der Waals surface area (Å²) in [6.07, 6.45) is 2.56. The molecule has 0 amide bonds. The average Bonchev–Trinajstić information content (AvgIpc) is 2.13. The summed E-state index contributed by atoms with van der Waals surface area (Å²) in [5.74, 6) is 0.139. The molecule has 0 bridgehead atoms. The standard InChI is InChI=1S/C4H4N3O2/c1-4-5-2-3-6(4)7(8)9/h2-3H,1H2. The first-order valence-electron chi connectivity index (χ1n) is 2.22. The molecule has 1 heterocycles. The third kappa shape index (κ3) is 0.883. The molecular formula is C4H4N3O2. The Balaban J connectivity index is 3.08. The lowest BCUT2D eigenvalue weighted by Crippen LogP contribution is -2.08. The highest BCUT2D eigenvalue weighted by Crippen LogP contribution is 1.91. The van der Waals surface area contributed by atoms with Crippen LogP contribution in [0.2, 0.25) is 0 Å². The van der Waals surface area contributed by atoms with Gasteiger partial charge >= 0.3 is 0 Å². The van der Waals surface area contributed by atoms with E-state index in [4.69, 9.17) is 0 Å². The van der Waals surface area contributed by atoms with Crippen LogP contribution in [0.1, 0.15) is 5.82 Å². The molecule has 0 unspecified atom stereocenters. The lowest BCUT2D eigenvalue weighted by molar-refractivity contribution is -0.543. The van der Waals surface area contributed by atoms with Crippen LogP contribution in [0, 0.1) is 17.0 Å². The maximum absolute atomic E-state index is 9.97. The molecule has 1 rings (SSSR count). The number of imidazole rings is 1. The van der Waals surface area contributed by atoms with E-state index in [1.807, 2.05) is 0 Å². The first-order valence-corrected chi connectivity index (χ1v) is 2.22. The van der Waals surface area contributed by atoms with E-state index < -0.39 is 5.03 Å². The van der Waals surface area contributed by atoms with Crippen LogP contribution in [0.25, 0.3) is 0 Å². The predicted octanol–water partition coefficient (Wildman–Crippen LogP) is 0.105. The molecule has 9 heavy (non-hydrogen) atoms. The molecule has 1 aromatic heterocycles. The van der Waals surface area contributed by atoms with Gasteiger partial charge in [-0.2, -0.15) is 0 Å². The summed E-state index contributed by atoms with van der Waals surface area (Å²) < 4.78 is 0.750. The molecule has 0 saturated heterocycles. The third-order valence-electron chi connectivity index (χ3n) is 0.872. The van der Waals surface area contributed by atoms with Gasteiger partial charge in [0.1, 0.15) is 0 Å². The Morgan fingerprint density at radius 3 is 2.78 bits per heavy atom. The summed E-state index contributed by atoms with van der Waals surface area (Å²) in [5.41, 5.74) is 0. The minimum atomic E-state index is -0.588. The Morgan fingerprint density at radius 1 is 1.89 bits per heavy atom. The molecule has 5 heteroatoms. The molecule has 0 aromatic carbocycles. The van der Waals surface area contributed by atoms with Crippen molar-refractivity contribution in [3.05, 3.63) is 35.3 Å². The highest BCUT2D eigenvalue weighted by atomic mass is 16.7. The molecule has 0 aliphatic carbocycles. The summed E-state index contributed by atoms with van der Waals surface area (Å²) in [6.45, 7) is 3.31. The van der Waals surface area contributed by atoms with E-state index in [2.05, 4.69) is 11.9 Å². The van der Waals surface area contributed by atoms with Gasteiger partial charge in [0.15, 0.2) is 10.9 Å². The van der Waals surface area contributed by atoms with Crippen LogP contribution >= 0.6 is 0 Å². The van der Waals surface area contributed by atoms with Crippen LogP contribution in [-0.4, -0.2) is 14.7 Å². The minimum Gasteiger partial charge on any atom is -0.236 e. The molecule has 0 N–H and O–H groups in total. The number of nitrogens with zero attached hydrogens (tertiary/aromatic N) is 3.